The third-order valence-electron chi connectivity index (χ3n) is 3.99. The Morgan fingerprint density at radius 2 is 2.36 bits per heavy atom. The van der Waals surface area contributed by atoms with E-state index in [2.05, 4.69) is 22.0 Å². The fraction of sp³-hybridized carbons (Fsp3) is 0.600. The molecule has 0 bridgehead atoms. The van der Waals surface area contributed by atoms with Crippen molar-refractivity contribution in [1.82, 2.24) is 24.6 Å². The van der Waals surface area contributed by atoms with Gasteiger partial charge in [-0.25, -0.2) is 14.6 Å². The first-order valence-electron chi connectivity index (χ1n) is 7.78. The quantitative estimate of drug-likeness (QED) is 0.868. The molecule has 118 valence electrons. The lowest BCUT2D eigenvalue weighted by molar-refractivity contribution is 0.0676. The van der Waals surface area contributed by atoms with Crippen LogP contribution in [0, 0.1) is 6.92 Å². The standard InChI is InChI=1S/C15H21N5OS/c1-3-5-13-18-11(2)14(22-13)15(21)19-7-4-6-12(8-19)20-10-16-9-17-20/h9-10,12H,3-8H2,1-2H3. The van der Waals surface area contributed by atoms with Crippen LogP contribution >= 0.6 is 11.3 Å². The molecule has 1 aliphatic heterocycles. The molecular formula is C15H21N5OS. The Morgan fingerprint density at radius 1 is 1.50 bits per heavy atom. The highest BCUT2D eigenvalue weighted by molar-refractivity contribution is 7.13. The highest BCUT2D eigenvalue weighted by Crippen LogP contribution is 2.26. The smallest absolute Gasteiger partial charge is 0.265 e. The lowest BCUT2D eigenvalue weighted by Crippen LogP contribution is -2.40. The van der Waals surface area contributed by atoms with Crippen LogP contribution < -0.4 is 0 Å². The number of rotatable bonds is 4. The molecule has 1 aliphatic rings. The van der Waals surface area contributed by atoms with Crippen molar-refractivity contribution in [2.24, 2.45) is 0 Å². The van der Waals surface area contributed by atoms with Crippen LogP contribution in [0.15, 0.2) is 12.7 Å². The van der Waals surface area contributed by atoms with E-state index in [1.165, 1.54) is 0 Å². The third kappa shape index (κ3) is 3.04. The maximum atomic E-state index is 12.8. The van der Waals surface area contributed by atoms with Crippen molar-refractivity contribution in [3.63, 3.8) is 0 Å². The number of aromatic nitrogens is 4. The lowest BCUT2D eigenvalue weighted by atomic mass is 10.1. The molecule has 2 aromatic rings. The molecular weight excluding hydrogens is 298 g/mol. The second kappa shape index (κ2) is 6.56. The van der Waals surface area contributed by atoms with Crippen molar-refractivity contribution in [1.29, 1.82) is 0 Å². The zero-order valence-electron chi connectivity index (χ0n) is 13.0. The number of hydrogen-bond acceptors (Lipinski definition) is 5. The Morgan fingerprint density at radius 3 is 3.09 bits per heavy atom. The van der Waals surface area contributed by atoms with E-state index in [0.29, 0.717) is 6.54 Å². The van der Waals surface area contributed by atoms with E-state index >= 15 is 0 Å². The minimum atomic E-state index is 0.113. The summed E-state index contributed by atoms with van der Waals surface area (Å²) in [7, 11) is 0. The maximum absolute atomic E-state index is 12.8. The molecule has 0 saturated carbocycles. The van der Waals surface area contributed by atoms with E-state index < -0.39 is 0 Å². The summed E-state index contributed by atoms with van der Waals surface area (Å²) in [5.41, 5.74) is 0.862. The fourth-order valence-electron chi connectivity index (χ4n) is 2.88. The molecule has 1 fully saturated rings. The summed E-state index contributed by atoms with van der Waals surface area (Å²) >= 11 is 1.55. The Kier molecular flexibility index (Phi) is 4.52. The summed E-state index contributed by atoms with van der Waals surface area (Å²) in [6.45, 7) is 5.57. The Labute approximate surface area is 134 Å². The molecule has 22 heavy (non-hydrogen) atoms. The zero-order chi connectivity index (χ0) is 15.5. The average molecular weight is 319 g/mol. The van der Waals surface area contributed by atoms with Crippen LogP contribution in [0.1, 0.15) is 52.6 Å². The molecule has 6 nitrogen and oxygen atoms in total. The number of amides is 1. The first kappa shape index (κ1) is 15.1. The van der Waals surface area contributed by atoms with Crippen LogP contribution in [0.4, 0.5) is 0 Å². The minimum absolute atomic E-state index is 0.113. The van der Waals surface area contributed by atoms with Gasteiger partial charge in [0.05, 0.1) is 16.7 Å². The van der Waals surface area contributed by atoms with Crippen molar-refractivity contribution in [2.45, 2.75) is 45.6 Å². The second-order valence-electron chi connectivity index (χ2n) is 5.69. The SMILES string of the molecule is CCCc1nc(C)c(C(=O)N2CCCC(n3cncn3)C2)s1. The molecule has 0 aromatic carbocycles. The van der Waals surface area contributed by atoms with Crippen molar-refractivity contribution >= 4 is 17.2 Å². The van der Waals surface area contributed by atoms with E-state index in [9.17, 15) is 4.79 Å². The summed E-state index contributed by atoms with van der Waals surface area (Å²) in [6.07, 6.45) is 7.31. The van der Waals surface area contributed by atoms with Crippen LogP contribution in [0.3, 0.4) is 0 Å². The topological polar surface area (TPSA) is 63.9 Å². The largest absolute Gasteiger partial charge is 0.336 e. The van der Waals surface area contributed by atoms with Gasteiger partial charge in [-0.3, -0.25) is 4.79 Å². The van der Waals surface area contributed by atoms with Gasteiger partial charge in [-0.1, -0.05) is 6.92 Å². The van der Waals surface area contributed by atoms with E-state index in [0.717, 1.165) is 47.8 Å². The number of piperidine rings is 1. The Hall–Kier alpha value is -1.76. The summed E-state index contributed by atoms with van der Waals surface area (Å²) in [5.74, 6) is 0.113. The summed E-state index contributed by atoms with van der Waals surface area (Å²) < 4.78 is 1.86. The van der Waals surface area contributed by atoms with E-state index in [1.807, 2.05) is 16.5 Å². The van der Waals surface area contributed by atoms with Gasteiger partial charge in [-0.15, -0.1) is 11.3 Å². The molecule has 7 heteroatoms. The van der Waals surface area contributed by atoms with Gasteiger partial charge in [0.2, 0.25) is 0 Å². The normalized spacial score (nSPS) is 18.6. The first-order valence-corrected chi connectivity index (χ1v) is 8.60. The van der Waals surface area contributed by atoms with Gasteiger partial charge in [-0.05, 0) is 32.6 Å². The molecule has 1 amide bonds. The minimum Gasteiger partial charge on any atom is -0.336 e. The van der Waals surface area contributed by atoms with Gasteiger partial charge in [0.15, 0.2) is 0 Å². The molecule has 0 spiro atoms. The summed E-state index contributed by atoms with van der Waals surface area (Å²) in [6, 6.07) is 0.225. The Balaban J connectivity index is 1.74. The number of aryl methyl sites for hydroxylation is 2. The zero-order valence-corrected chi connectivity index (χ0v) is 13.8. The first-order chi connectivity index (χ1) is 10.7. The fourth-order valence-corrected chi connectivity index (χ4v) is 4.01. The lowest BCUT2D eigenvalue weighted by Gasteiger charge is -2.32. The van der Waals surface area contributed by atoms with Gasteiger partial charge in [0.1, 0.15) is 17.5 Å². The van der Waals surface area contributed by atoms with Crippen LogP contribution in [-0.4, -0.2) is 43.6 Å². The number of hydrogen-bond donors (Lipinski definition) is 0. The van der Waals surface area contributed by atoms with E-state index in [-0.39, 0.29) is 11.9 Å². The van der Waals surface area contributed by atoms with Crippen LogP contribution in [-0.2, 0) is 6.42 Å². The summed E-state index contributed by atoms with van der Waals surface area (Å²) in [5, 5.41) is 5.27. The molecule has 0 aliphatic carbocycles. The molecule has 1 atom stereocenters. The Bertz CT molecular complexity index is 636. The number of carbonyl (C=O) groups is 1. The number of likely N-dealkylation sites (tertiary alicyclic amines) is 1. The van der Waals surface area contributed by atoms with Gasteiger partial charge in [0, 0.05) is 13.1 Å². The highest BCUT2D eigenvalue weighted by Gasteiger charge is 2.28. The molecule has 3 heterocycles. The molecule has 0 radical (unpaired) electrons. The average Bonchev–Trinajstić information content (AvgIpc) is 3.17. The van der Waals surface area contributed by atoms with Crippen molar-refractivity contribution in [3.8, 4) is 0 Å². The number of nitrogens with zero attached hydrogens (tertiary/aromatic N) is 5. The van der Waals surface area contributed by atoms with Gasteiger partial charge in [0.25, 0.3) is 5.91 Å². The van der Waals surface area contributed by atoms with E-state index in [1.54, 1.807) is 24.0 Å². The highest BCUT2D eigenvalue weighted by atomic mass is 32.1. The van der Waals surface area contributed by atoms with Gasteiger partial charge in [-0.2, -0.15) is 5.10 Å². The second-order valence-corrected chi connectivity index (χ2v) is 6.78. The summed E-state index contributed by atoms with van der Waals surface area (Å²) in [4.78, 5) is 24.1. The van der Waals surface area contributed by atoms with Crippen molar-refractivity contribution in [3.05, 3.63) is 28.2 Å². The molecule has 2 aromatic heterocycles. The number of thiazole rings is 1. The third-order valence-corrected chi connectivity index (χ3v) is 5.20. The monoisotopic (exact) mass is 319 g/mol. The molecule has 0 N–H and O–H groups in total. The van der Waals surface area contributed by atoms with Crippen LogP contribution in [0.25, 0.3) is 0 Å². The predicted octanol–water partition coefficient (Wildman–Crippen LogP) is 2.47. The predicted molar refractivity (Wildman–Crippen MR) is 85.0 cm³/mol. The molecule has 3 rings (SSSR count). The van der Waals surface area contributed by atoms with E-state index in [4.69, 9.17) is 0 Å². The van der Waals surface area contributed by atoms with Gasteiger partial charge < -0.3 is 4.90 Å². The van der Waals surface area contributed by atoms with Crippen LogP contribution in [0.5, 0.6) is 0 Å². The number of carbonyl (C=O) groups excluding carboxylic acids is 1. The molecule has 1 saturated heterocycles. The maximum Gasteiger partial charge on any atom is 0.265 e. The van der Waals surface area contributed by atoms with Crippen LogP contribution in [0.2, 0.25) is 0 Å². The van der Waals surface area contributed by atoms with Gasteiger partial charge >= 0.3 is 0 Å². The van der Waals surface area contributed by atoms with Crippen molar-refractivity contribution in [2.75, 3.05) is 13.1 Å². The molecule has 1 unspecified atom stereocenters. The van der Waals surface area contributed by atoms with Crippen molar-refractivity contribution < 1.29 is 4.79 Å².